The predicted molar refractivity (Wildman–Crippen MR) is 87.2 cm³/mol. The summed E-state index contributed by atoms with van der Waals surface area (Å²) < 4.78 is 1.92. The van der Waals surface area contributed by atoms with Crippen LogP contribution in [0.5, 0.6) is 0 Å². The van der Waals surface area contributed by atoms with E-state index < -0.39 is 0 Å². The van der Waals surface area contributed by atoms with Crippen LogP contribution in [0.3, 0.4) is 0 Å². The Balaban J connectivity index is 1.66. The third kappa shape index (κ3) is 3.59. The number of amides is 2. The van der Waals surface area contributed by atoms with Crippen LogP contribution in [0, 0.1) is 0 Å². The number of hydrogen-bond acceptors (Lipinski definition) is 3. The molecule has 2 heterocycles. The summed E-state index contributed by atoms with van der Waals surface area (Å²) in [6.45, 7) is 3.34. The fourth-order valence-corrected chi connectivity index (χ4v) is 2.80. The van der Waals surface area contributed by atoms with Gasteiger partial charge in [0.25, 0.3) is 5.91 Å². The lowest BCUT2D eigenvalue weighted by molar-refractivity contribution is -0.117. The summed E-state index contributed by atoms with van der Waals surface area (Å²) in [5.74, 6) is -0.0119. The highest BCUT2D eigenvalue weighted by Crippen LogP contribution is 2.22. The van der Waals surface area contributed by atoms with E-state index in [0.29, 0.717) is 18.5 Å². The number of hydrogen-bond donors (Lipinski definition) is 1. The number of rotatable bonds is 5. The molecule has 0 radical (unpaired) electrons. The molecule has 1 unspecified atom stereocenters. The van der Waals surface area contributed by atoms with Crippen molar-refractivity contribution in [2.24, 2.45) is 0 Å². The first-order valence-corrected chi connectivity index (χ1v) is 7.80. The van der Waals surface area contributed by atoms with Gasteiger partial charge in [-0.15, -0.1) is 0 Å². The third-order valence-corrected chi connectivity index (χ3v) is 3.91. The van der Waals surface area contributed by atoms with Crippen molar-refractivity contribution in [3.05, 3.63) is 48.5 Å². The molecule has 2 aromatic rings. The van der Waals surface area contributed by atoms with Crippen molar-refractivity contribution in [2.45, 2.75) is 32.4 Å². The van der Waals surface area contributed by atoms with E-state index in [1.54, 1.807) is 29.6 Å². The zero-order chi connectivity index (χ0) is 16.2. The molecule has 2 amide bonds. The molecule has 1 aliphatic heterocycles. The Kier molecular flexibility index (Phi) is 4.41. The number of anilines is 1. The van der Waals surface area contributed by atoms with Crippen molar-refractivity contribution in [2.75, 3.05) is 11.4 Å². The molecule has 0 bridgehead atoms. The fraction of sp³-hybridized carbons (Fsp3) is 0.353. The van der Waals surface area contributed by atoms with Crippen LogP contribution in [0.25, 0.3) is 0 Å². The lowest BCUT2D eigenvalue weighted by Crippen LogP contribution is -2.35. The van der Waals surface area contributed by atoms with E-state index in [0.717, 1.165) is 18.7 Å². The summed E-state index contributed by atoms with van der Waals surface area (Å²) in [5.41, 5.74) is 1.36. The third-order valence-electron chi connectivity index (χ3n) is 3.91. The molecule has 120 valence electrons. The van der Waals surface area contributed by atoms with Crippen molar-refractivity contribution >= 4 is 17.5 Å². The maximum atomic E-state index is 12.4. The second-order valence-electron chi connectivity index (χ2n) is 5.83. The zero-order valence-corrected chi connectivity index (χ0v) is 13.1. The van der Waals surface area contributed by atoms with Crippen molar-refractivity contribution in [3.8, 4) is 0 Å². The molecular weight excluding hydrogens is 292 g/mol. The standard InChI is InChI=1S/C17H20N4O2/c1-13(11-20-9-7-18-12-20)19-17(23)14-4-2-5-15(10-14)21-8-3-6-16(21)22/h2,4-5,7,9-10,12-13H,3,6,8,11H2,1H3,(H,19,23). The lowest BCUT2D eigenvalue weighted by atomic mass is 10.1. The Hall–Kier alpha value is -2.63. The normalized spacial score (nSPS) is 15.7. The van der Waals surface area contributed by atoms with E-state index in [-0.39, 0.29) is 17.9 Å². The van der Waals surface area contributed by atoms with Crippen molar-refractivity contribution in [1.29, 1.82) is 0 Å². The summed E-state index contributed by atoms with van der Waals surface area (Å²) in [6.07, 6.45) is 6.76. The van der Waals surface area contributed by atoms with E-state index in [1.807, 2.05) is 29.8 Å². The van der Waals surface area contributed by atoms with Crippen LogP contribution in [0.4, 0.5) is 5.69 Å². The van der Waals surface area contributed by atoms with Crippen LogP contribution < -0.4 is 10.2 Å². The average molecular weight is 312 g/mol. The number of carbonyl (C=O) groups excluding carboxylic acids is 2. The molecule has 0 saturated carbocycles. The lowest BCUT2D eigenvalue weighted by Gasteiger charge is -2.18. The minimum Gasteiger partial charge on any atom is -0.348 e. The van der Waals surface area contributed by atoms with Crippen LogP contribution in [-0.2, 0) is 11.3 Å². The van der Waals surface area contributed by atoms with Crippen LogP contribution in [0.15, 0.2) is 43.0 Å². The molecule has 1 saturated heterocycles. The molecule has 23 heavy (non-hydrogen) atoms. The van der Waals surface area contributed by atoms with Gasteiger partial charge in [-0.2, -0.15) is 0 Å². The maximum Gasteiger partial charge on any atom is 0.251 e. The summed E-state index contributed by atoms with van der Waals surface area (Å²) in [6, 6.07) is 7.21. The Morgan fingerprint density at radius 1 is 1.43 bits per heavy atom. The van der Waals surface area contributed by atoms with Crippen LogP contribution in [-0.4, -0.2) is 34.0 Å². The minimum atomic E-state index is -0.133. The van der Waals surface area contributed by atoms with Crippen LogP contribution >= 0.6 is 0 Å². The smallest absolute Gasteiger partial charge is 0.251 e. The number of nitrogens with zero attached hydrogens (tertiary/aromatic N) is 3. The van der Waals surface area contributed by atoms with E-state index in [9.17, 15) is 9.59 Å². The molecule has 6 heteroatoms. The van der Waals surface area contributed by atoms with Gasteiger partial charge in [0.2, 0.25) is 5.91 Å². The molecule has 1 atom stereocenters. The average Bonchev–Trinajstić information content (AvgIpc) is 3.19. The molecule has 1 fully saturated rings. The Morgan fingerprint density at radius 2 is 2.30 bits per heavy atom. The summed E-state index contributed by atoms with van der Waals surface area (Å²) >= 11 is 0. The Bertz CT molecular complexity index is 696. The Labute approximate surface area is 135 Å². The highest BCUT2D eigenvalue weighted by molar-refractivity contribution is 5.99. The Morgan fingerprint density at radius 3 is 3.00 bits per heavy atom. The summed E-state index contributed by atoms with van der Waals surface area (Å²) in [5, 5.41) is 2.97. The highest BCUT2D eigenvalue weighted by atomic mass is 16.2. The van der Waals surface area contributed by atoms with E-state index in [4.69, 9.17) is 0 Å². The molecule has 1 aromatic carbocycles. The van der Waals surface area contributed by atoms with Crippen molar-refractivity contribution in [3.63, 3.8) is 0 Å². The first kappa shape index (κ1) is 15.3. The second kappa shape index (κ2) is 6.64. The van der Waals surface area contributed by atoms with Gasteiger partial charge in [0.15, 0.2) is 0 Å². The van der Waals surface area contributed by atoms with Gasteiger partial charge in [-0.05, 0) is 31.5 Å². The molecule has 0 aliphatic carbocycles. The SMILES string of the molecule is CC(Cn1ccnc1)NC(=O)c1cccc(N2CCCC2=O)c1. The molecule has 3 rings (SSSR count). The van der Waals surface area contributed by atoms with Crippen molar-refractivity contribution in [1.82, 2.24) is 14.9 Å². The quantitative estimate of drug-likeness (QED) is 0.916. The molecule has 1 aromatic heterocycles. The van der Waals surface area contributed by atoms with Gasteiger partial charge in [-0.3, -0.25) is 9.59 Å². The largest absolute Gasteiger partial charge is 0.348 e. The molecular formula is C17H20N4O2. The molecule has 6 nitrogen and oxygen atoms in total. The van der Waals surface area contributed by atoms with Gasteiger partial charge in [-0.25, -0.2) is 4.98 Å². The first-order valence-electron chi connectivity index (χ1n) is 7.80. The maximum absolute atomic E-state index is 12.4. The highest BCUT2D eigenvalue weighted by Gasteiger charge is 2.22. The van der Waals surface area contributed by atoms with Crippen LogP contribution in [0.2, 0.25) is 0 Å². The minimum absolute atomic E-state index is 0.0197. The zero-order valence-electron chi connectivity index (χ0n) is 13.1. The molecule has 1 N–H and O–H groups in total. The van der Waals surface area contributed by atoms with Gasteiger partial charge >= 0.3 is 0 Å². The second-order valence-corrected chi connectivity index (χ2v) is 5.83. The number of aromatic nitrogens is 2. The number of imidazole rings is 1. The topological polar surface area (TPSA) is 67.2 Å². The van der Waals surface area contributed by atoms with E-state index >= 15 is 0 Å². The van der Waals surface area contributed by atoms with Gasteiger partial charge in [-0.1, -0.05) is 6.07 Å². The number of nitrogens with one attached hydrogen (secondary N) is 1. The number of carbonyl (C=O) groups is 2. The van der Waals surface area contributed by atoms with Gasteiger partial charge in [0, 0.05) is 49.2 Å². The van der Waals surface area contributed by atoms with Crippen LogP contribution in [0.1, 0.15) is 30.1 Å². The summed E-state index contributed by atoms with van der Waals surface area (Å²) in [4.78, 5) is 30.0. The monoisotopic (exact) mass is 312 g/mol. The number of benzene rings is 1. The molecule has 0 spiro atoms. The first-order chi connectivity index (χ1) is 11.1. The van der Waals surface area contributed by atoms with Gasteiger partial charge in [0.05, 0.1) is 6.33 Å². The van der Waals surface area contributed by atoms with E-state index in [2.05, 4.69) is 10.3 Å². The van der Waals surface area contributed by atoms with Gasteiger partial charge in [0.1, 0.15) is 0 Å². The fourth-order valence-electron chi connectivity index (χ4n) is 2.80. The summed E-state index contributed by atoms with van der Waals surface area (Å²) in [7, 11) is 0. The van der Waals surface area contributed by atoms with E-state index in [1.165, 1.54) is 0 Å². The predicted octanol–water partition coefficient (Wildman–Crippen LogP) is 1.83. The van der Waals surface area contributed by atoms with Gasteiger partial charge < -0.3 is 14.8 Å². The van der Waals surface area contributed by atoms with Crippen molar-refractivity contribution < 1.29 is 9.59 Å². The molecule has 1 aliphatic rings.